The number of fused-ring (bicyclic) bond motifs is 1. The zero-order valence-electron chi connectivity index (χ0n) is 21.3. The summed E-state index contributed by atoms with van der Waals surface area (Å²) in [6, 6.07) is 13.7. The van der Waals surface area contributed by atoms with E-state index in [1.807, 2.05) is 44.2 Å². The third-order valence-electron chi connectivity index (χ3n) is 5.84. The maximum absolute atomic E-state index is 13.3. The Kier molecular flexibility index (Phi) is 9.19. The lowest BCUT2D eigenvalue weighted by atomic mass is 10.1. The van der Waals surface area contributed by atoms with Crippen LogP contribution < -0.4 is 19.1 Å². The van der Waals surface area contributed by atoms with Crippen LogP contribution in [0.5, 0.6) is 11.5 Å². The number of carbonyl (C=O) groups excluding carboxylic acids is 2. The lowest BCUT2D eigenvalue weighted by molar-refractivity contribution is -0.140. The summed E-state index contributed by atoms with van der Waals surface area (Å²) >= 11 is 0. The predicted octanol–water partition coefficient (Wildman–Crippen LogP) is 3.15. The largest absolute Gasteiger partial charge is 0.454 e. The topological polar surface area (TPSA) is 105 Å². The van der Waals surface area contributed by atoms with Crippen LogP contribution in [0.1, 0.15) is 39.2 Å². The molecule has 1 N–H and O–H groups in total. The number of sulfonamides is 1. The van der Waals surface area contributed by atoms with Gasteiger partial charge in [-0.1, -0.05) is 44.2 Å². The summed E-state index contributed by atoms with van der Waals surface area (Å²) in [6.45, 7) is 6.73. The van der Waals surface area contributed by atoms with Crippen molar-refractivity contribution in [3.05, 3.63) is 54.1 Å². The van der Waals surface area contributed by atoms with E-state index in [1.165, 1.54) is 4.31 Å². The molecule has 2 aromatic carbocycles. The molecule has 9 nitrogen and oxygen atoms in total. The van der Waals surface area contributed by atoms with Crippen molar-refractivity contribution >= 4 is 27.5 Å². The molecule has 10 heteroatoms. The number of hydrogen-bond donors (Lipinski definition) is 1. The van der Waals surface area contributed by atoms with Gasteiger partial charge in [-0.3, -0.25) is 13.9 Å². The number of hydrogen-bond acceptors (Lipinski definition) is 6. The minimum Gasteiger partial charge on any atom is -0.454 e. The van der Waals surface area contributed by atoms with Gasteiger partial charge in [-0.15, -0.1) is 0 Å². The molecule has 1 atom stereocenters. The number of rotatable bonds is 12. The van der Waals surface area contributed by atoms with E-state index in [4.69, 9.17) is 9.47 Å². The highest BCUT2D eigenvalue weighted by Gasteiger charge is 2.27. The van der Waals surface area contributed by atoms with E-state index in [-0.39, 0.29) is 50.5 Å². The summed E-state index contributed by atoms with van der Waals surface area (Å²) in [4.78, 5) is 27.6. The van der Waals surface area contributed by atoms with Gasteiger partial charge < -0.3 is 19.7 Å². The van der Waals surface area contributed by atoms with Crippen LogP contribution in [0.2, 0.25) is 0 Å². The SMILES string of the molecule is CC(C)CNC(=O)[C@H](C)N(Cc1ccccc1)C(=O)CCCN(c1ccc2c(c1)OCO2)S(C)(=O)=O. The lowest BCUT2D eigenvalue weighted by Gasteiger charge is -2.29. The summed E-state index contributed by atoms with van der Waals surface area (Å²) in [5, 5.41) is 2.90. The maximum Gasteiger partial charge on any atom is 0.242 e. The molecule has 2 aromatic rings. The first-order valence-corrected chi connectivity index (χ1v) is 13.9. The number of nitrogens with zero attached hydrogens (tertiary/aromatic N) is 2. The fourth-order valence-corrected chi connectivity index (χ4v) is 4.82. The second-order valence-electron chi connectivity index (χ2n) is 9.30. The highest BCUT2D eigenvalue weighted by molar-refractivity contribution is 7.92. The molecule has 0 aliphatic carbocycles. The summed E-state index contributed by atoms with van der Waals surface area (Å²) in [5.74, 6) is 0.894. The molecule has 0 spiro atoms. The smallest absolute Gasteiger partial charge is 0.242 e. The molecule has 0 saturated heterocycles. The zero-order chi connectivity index (χ0) is 26.3. The minimum absolute atomic E-state index is 0.0885. The number of amides is 2. The Morgan fingerprint density at radius 3 is 2.39 bits per heavy atom. The van der Waals surface area contributed by atoms with Crippen LogP contribution in [0.15, 0.2) is 48.5 Å². The monoisotopic (exact) mass is 517 g/mol. The third-order valence-corrected chi connectivity index (χ3v) is 7.04. The van der Waals surface area contributed by atoms with Gasteiger partial charge in [-0.25, -0.2) is 8.42 Å². The van der Waals surface area contributed by atoms with Crippen molar-refractivity contribution in [3.8, 4) is 11.5 Å². The first kappa shape index (κ1) is 27.3. The predicted molar refractivity (Wildman–Crippen MR) is 138 cm³/mol. The number of anilines is 1. The molecule has 36 heavy (non-hydrogen) atoms. The average Bonchev–Trinajstić information content (AvgIpc) is 3.31. The molecule has 3 rings (SSSR count). The molecule has 0 aromatic heterocycles. The molecule has 196 valence electrons. The highest BCUT2D eigenvalue weighted by Crippen LogP contribution is 2.36. The van der Waals surface area contributed by atoms with Crippen molar-refractivity contribution in [2.75, 3.05) is 30.4 Å². The van der Waals surface area contributed by atoms with Crippen molar-refractivity contribution < 1.29 is 27.5 Å². The fraction of sp³-hybridized carbons (Fsp3) is 0.462. The third kappa shape index (κ3) is 7.36. The quantitative estimate of drug-likeness (QED) is 0.464. The second kappa shape index (κ2) is 12.1. The molecule has 0 fully saturated rings. The molecule has 2 amide bonds. The normalized spacial score (nSPS) is 13.4. The van der Waals surface area contributed by atoms with Gasteiger partial charge in [0.15, 0.2) is 11.5 Å². The summed E-state index contributed by atoms with van der Waals surface area (Å²) < 4.78 is 37.0. The van der Waals surface area contributed by atoms with Crippen molar-refractivity contribution in [2.45, 2.75) is 46.2 Å². The van der Waals surface area contributed by atoms with Crippen molar-refractivity contribution in [3.63, 3.8) is 0 Å². The van der Waals surface area contributed by atoms with E-state index in [0.717, 1.165) is 11.8 Å². The molecule has 0 saturated carbocycles. The lowest BCUT2D eigenvalue weighted by Crippen LogP contribution is -2.48. The van der Waals surface area contributed by atoms with Crippen LogP contribution in [-0.2, 0) is 26.2 Å². The fourth-order valence-electron chi connectivity index (χ4n) is 3.86. The summed E-state index contributed by atoms with van der Waals surface area (Å²) in [5.41, 5.74) is 1.35. The van der Waals surface area contributed by atoms with Crippen LogP contribution in [0.3, 0.4) is 0 Å². The number of nitrogens with one attached hydrogen (secondary N) is 1. The Morgan fingerprint density at radius 1 is 1.03 bits per heavy atom. The molecule has 0 unspecified atom stereocenters. The zero-order valence-corrected chi connectivity index (χ0v) is 22.1. The van der Waals surface area contributed by atoms with E-state index < -0.39 is 16.1 Å². The van der Waals surface area contributed by atoms with Gasteiger partial charge in [0.1, 0.15) is 6.04 Å². The number of benzene rings is 2. The van der Waals surface area contributed by atoms with E-state index in [1.54, 1.807) is 30.0 Å². The van der Waals surface area contributed by atoms with Gasteiger partial charge in [0.25, 0.3) is 0 Å². The Hall–Kier alpha value is -3.27. The van der Waals surface area contributed by atoms with Gasteiger partial charge in [0.2, 0.25) is 28.6 Å². The number of ether oxygens (including phenoxy) is 2. The first-order valence-electron chi connectivity index (χ1n) is 12.0. The van der Waals surface area contributed by atoms with Crippen molar-refractivity contribution in [2.24, 2.45) is 5.92 Å². The minimum atomic E-state index is -3.60. The van der Waals surface area contributed by atoms with Gasteiger partial charge >= 0.3 is 0 Å². The van der Waals surface area contributed by atoms with Crippen LogP contribution in [0, 0.1) is 5.92 Å². The van der Waals surface area contributed by atoms with E-state index in [9.17, 15) is 18.0 Å². The van der Waals surface area contributed by atoms with Crippen LogP contribution in [0.4, 0.5) is 5.69 Å². The van der Waals surface area contributed by atoms with E-state index >= 15 is 0 Å². The number of carbonyl (C=O) groups is 2. The first-order chi connectivity index (χ1) is 17.1. The van der Waals surface area contributed by atoms with Gasteiger partial charge in [0, 0.05) is 32.1 Å². The highest BCUT2D eigenvalue weighted by atomic mass is 32.2. The van der Waals surface area contributed by atoms with Crippen LogP contribution in [-0.4, -0.2) is 57.3 Å². The Morgan fingerprint density at radius 2 is 1.72 bits per heavy atom. The molecule has 0 radical (unpaired) electrons. The van der Waals surface area contributed by atoms with Gasteiger partial charge in [0.05, 0.1) is 11.9 Å². The van der Waals surface area contributed by atoms with Crippen molar-refractivity contribution in [1.29, 1.82) is 0 Å². The average molecular weight is 518 g/mol. The Labute approximate surface area is 213 Å². The van der Waals surface area contributed by atoms with Crippen LogP contribution >= 0.6 is 0 Å². The molecule has 1 aliphatic rings. The van der Waals surface area contributed by atoms with E-state index in [0.29, 0.717) is 23.7 Å². The van der Waals surface area contributed by atoms with Gasteiger partial charge in [-0.2, -0.15) is 0 Å². The van der Waals surface area contributed by atoms with Crippen molar-refractivity contribution in [1.82, 2.24) is 10.2 Å². The molecule has 0 bridgehead atoms. The summed E-state index contributed by atoms with van der Waals surface area (Å²) in [7, 11) is -3.60. The van der Waals surface area contributed by atoms with Gasteiger partial charge in [-0.05, 0) is 37.0 Å². The molecular weight excluding hydrogens is 482 g/mol. The molecule has 1 heterocycles. The standard InChI is InChI=1S/C26H35N3O6S/c1-19(2)16-27-26(31)20(3)28(17-21-9-6-5-7-10-21)25(30)11-8-14-29(36(4,32)33)22-12-13-23-24(15-22)35-18-34-23/h5-7,9-10,12-13,15,19-20H,8,11,14,16-18H2,1-4H3,(H,27,31)/t20-/m0/s1. The van der Waals surface area contributed by atoms with E-state index in [2.05, 4.69) is 5.32 Å². The van der Waals surface area contributed by atoms with Crippen LogP contribution in [0.25, 0.3) is 0 Å². The summed E-state index contributed by atoms with van der Waals surface area (Å²) in [6.07, 6.45) is 1.50. The Balaban J connectivity index is 1.70. The molecular formula is C26H35N3O6S. The maximum atomic E-state index is 13.3. The second-order valence-corrected chi connectivity index (χ2v) is 11.2. The Bertz CT molecular complexity index is 1150. The molecule has 1 aliphatic heterocycles.